The average Bonchev–Trinajstić information content (AvgIpc) is 3.31. The molecular weight excluding hydrogens is 359 g/mol. The third-order valence-electron chi connectivity index (χ3n) is 4.99. The van der Waals surface area contributed by atoms with Crippen LogP contribution in [0.2, 0.25) is 0 Å². The predicted octanol–water partition coefficient (Wildman–Crippen LogP) is 2.71. The van der Waals surface area contributed by atoms with E-state index in [0.717, 1.165) is 43.2 Å². The van der Waals surface area contributed by atoms with E-state index in [2.05, 4.69) is 10.3 Å². The van der Waals surface area contributed by atoms with Crippen LogP contribution in [0.25, 0.3) is 5.65 Å². The summed E-state index contributed by atoms with van der Waals surface area (Å²) in [5.41, 5.74) is 1.76. The normalized spacial score (nSPS) is 17.8. The van der Waals surface area contributed by atoms with Crippen LogP contribution in [-0.2, 0) is 11.2 Å². The zero-order valence-corrected chi connectivity index (χ0v) is 15.9. The highest BCUT2D eigenvalue weighted by Gasteiger charge is 2.26. The number of piperidine rings is 1. The Morgan fingerprint density at radius 3 is 2.60 bits per heavy atom. The molecule has 2 aromatic rings. The Morgan fingerprint density at radius 2 is 1.92 bits per heavy atom. The van der Waals surface area contributed by atoms with Crippen LogP contribution in [0.4, 0.5) is 0 Å². The first-order chi connectivity index (χ1) is 11.3. The predicted molar refractivity (Wildman–Crippen MR) is 104 cm³/mol. The molecule has 0 unspecified atom stereocenters. The number of aromatic nitrogens is 2. The molecule has 1 aliphatic carbocycles. The minimum atomic E-state index is 0. The summed E-state index contributed by atoms with van der Waals surface area (Å²) >= 11 is 0. The topological polar surface area (TPSA) is 49.6 Å². The van der Waals surface area contributed by atoms with E-state index in [0.29, 0.717) is 12.5 Å². The van der Waals surface area contributed by atoms with Gasteiger partial charge in [-0.05, 0) is 50.3 Å². The SMILES string of the molecule is Cl.Cl.O=C(Cc1cn2ccccc2n1)N1CCC(NCC2CC2)CC1. The summed E-state index contributed by atoms with van der Waals surface area (Å²) in [7, 11) is 0. The van der Waals surface area contributed by atoms with Gasteiger partial charge < -0.3 is 14.6 Å². The van der Waals surface area contributed by atoms with Crippen LogP contribution in [0, 0.1) is 5.92 Å². The molecule has 138 valence electrons. The van der Waals surface area contributed by atoms with Crippen molar-refractivity contribution in [3.8, 4) is 0 Å². The fraction of sp³-hybridized carbons (Fsp3) is 0.556. The van der Waals surface area contributed by atoms with Crippen LogP contribution in [0.5, 0.6) is 0 Å². The van der Waals surface area contributed by atoms with Gasteiger partial charge in [0.2, 0.25) is 5.91 Å². The lowest BCUT2D eigenvalue weighted by molar-refractivity contribution is -0.131. The van der Waals surface area contributed by atoms with E-state index in [4.69, 9.17) is 0 Å². The number of fused-ring (bicyclic) bond motifs is 1. The fourth-order valence-electron chi connectivity index (χ4n) is 3.33. The fourth-order valence-corrected chi connectivity index (χ4v) is 3.33. The van der Waals surface area contributed by atoms with Crippen molar-refractivity contribution in [3.63, 3.8) is 0 Å². The molecule has 2 fully saturated rings. The van der Waals surface area contributed by atoms with Crippen molar-refractivity contribution >= 4 is 36.4 Å². The molecule has 0 aromatic carbocycles. The molecule has 1 saturated carbocycles. The Balaban J connectivity index is 0.00000113. The zero-order valence-electron chi connectivity index (χ0n) is 14.3. The standard InChI is InChI=1S/C18H24N4O.2ClH/c23-18(11-16-13-22-8-2-1-3-17(22)20-16)21-9-6-15(7-10-21)19-12-14-4-5-14;;/h1-3,8,13-15,19H,4-7,9-12H2;2*1H. The van der Waals surface area contributed by atoms with E-state index in [9.17, 15) is 4.79 Å². The minimum Gasteiger partial charge on any atom is -0.342 e. The highest BCUT2D eigenvalue weighted by atomic mass is 35.5. The van der Waals surface area contributed by atoms with Crippen LogP contribution in [0.15, 0.2) is 30.6 Å². The van der Waals surface area contributed by atoms with Gasteiger partial charge in [-0.2, -0.15) is 0 Å². The van der Waals surface area contributed by atoms with E-state index in [-0.39, 0.29) is 30.7 Å². The van der Waals surface area contributed by atoms with Gasteiger partial charge in [-0.25, -0.2) is 4.98 Å². The first-order valence-corrected chi connectivity index (χ1v) is 8.72. The number of pyridine rings is 1. The summed E-state index contributed by atoms with van der Waals surface area (Å²) in [6.07, 6.45) is 9.26. The number of hydrogen-bond acceptors (Lipinski definition) is 3. The van der Waals surface area contributed by atoms with Crippen molar-refractivity contribution in [3.05, 3.63) is 36.3 Å². The molecular formula is C18H26Cl2N4O. The summed E-state index contributed by atoms with van der Waals surface area (Å²) < 4.78 is 1.97. The summed E-state index contributed by atoms with van der Waals surface area (Å²) in [5, 5.41) is 3.66. The van der Waals surface area contributed by atoms with E-state index in [1.165, 1.54) is 19.4 Å². The Hall–Kier alpha value is -1.30. The van der Waals surface area contributed by atoms with Gasteiger partial charge in [0.15, 0.2) is 0 Å². The van der Waals surface area contributed by atoms with Gasteiger partial charge in [0.25, 0.3) is 0 Å². The summed E-state index contributed by atoms with van der Waals surface area (Å²) in [5.74, 6) is 1.12. The maximum absolute atomic E-state index is 12.5. The molecule has 5 nitrogen and oxygen atoms in total. The number of amides is 1. The number of hydrogen-bond donors (Lipinski definition) is 1. The van der Waals surface area contributed by atoms with Gasteiger partial charge >= 0.3 is 0 Å². The van der Waals surface area contributed by atoms with E-state index < -0.39 is 0 Å². The maximum Gasteiger partial charge on any atom is 0.228 e. The summed E-state index contributed by atoms with van der Waals surface area (Å²) in [4.78, 5) is 19.0. The highest BCUT2D eigenvalue weighted by molar-refractivity contribution is 5.85. The maximum atomic E-state index is 12.5. The first kappa shape index (κ1) is 20.0. The van der Waals surface area contributed by atoms with E-state index in [1.54, 1.807) is 0 Å². The van der Waals surface area contributed by atoms with Crippen molar-refractivity contribution in [2.45, 2.75) is 38.1 Å². The highest BCUT2D eigenvalue weighted by Crippen LogP contribution is 2.28. The van der Waals surface area contributed by atoms with Crippen molar-refractivity contribution in [2.24, 2.45) is 5.92 Å². The van der Waals surface area contributed by atoms with Crippen LogP contribution >= 0.6 is 24.8 Å². The van der Waals surface area contributed by atoms with Gasteiger partial charge in [-0.3, -0.25) is 4.79 Å². The summed E-state index contributed by atoms with van der Waals surface area (Å²) in [6.45, 7) is 2.91. The van der Waals surface area contributed by atoms with Crippen molar-refractivity contribution in [2.75, 3.05) is 19.6 Å². The second-order valence-corrected chi connectivity index (χ2v) is 6.88. The largest absolute Gasteiger partial charge is 0.342 e. The van der Waals surface area contributed by atoms with E-state index >= 15 is 0 Å². The Bertz CT molecular complexity index is 660. The quantitative estimate of drug-likeness (QED) is 0.861. The Kier molecular flexibility index (Phi) is 7.11. The molecule has 2 aromatic heterocycles. The van der Waals surface area contributed by atoms with Gasteiger partial charge in [0.05, 0.1) is 12.1 Å². The molecule has 0 atom stereocenters. The molecule has 7 heteroatoms. The first-order valence-electron chi connectivity index (χ1n) is 8.72. The molecule has 1 saturated heterocycles. The smallest absolute Gasteiger partial charge is 0.228 e. The number of carbonyl (C=O) groups is 1. The third kappa shape index (κ3) is 5.09. The second kappa shape index (κ2) is 8.88. The Labute approximate surface area is 161 Å². The average molecular weight is 385 g/mol. The zero-order chi connectivity index (χ0) is 15.6. The van der Waals surface area contributed by atoms with Gasteiger partial charge in [0.1, 0.15) is 5.65 Å². The molecule has 4 rings (SSSR count). The van der Waals surface area contributed by atoms with Gasteiger partial charge in [0, 0.05) is 31.5 Å². The number of likely N-dealkylation sites (tertiary alicyclic amines) is 1. The number of nitrogens with one attached hydrogen (secondary N) is 1. The minimum absolute atomic E-state index is 0. The number of carbonyl (C=O) groups excluding carboxylic acids is 1. The molecule has 1 amide bonds. The van der Waals surface area contributed by atoms with Crippen LogP contribution in [-0.4, -0.2) is 45.9 Å². The molecule has 0 radical (unpaired) electrons. The lowest BCUT2D eigenvalue weighted by Gasteiger charge is -2.32. The molecule has 2 aliphatic rings. The van der Waals surface area contributed by atoms with E-state index in [1.807, 2.05) is 39.9 Å². The molecule has 0 bridgehead atoms. The number of halogens is 2. The molecule has 25 heavy (non-hydrogen) atoms. The van der Waals surface area contributed by atoms with Crippen LogP contribution < -0.4 is 5.32 Å². The van der Waals surface area contributed by atoms with Crippen molar-refractivity contribution < 1.29 is 4.79 Å². The lowest BCUT2D eigenvalue weighted by atomic mass is 10.0. The number of rotatable bonds is 5. The second-order valence-electron chi connectivity index (χ2n) is 6.88. The van der Waals surface area contributed by atoms with Crippen LogP contribution in [0.1, 0.15) is 31.4 Å². The number of imidazole rings is 1. The number of nitrogens with zero attached hydrogens (tertiary/aromatic N) is 3. The lowest BCUT2D eigenvalue weighted by Crippen LogP contribution is -2.45. The molecule has 1 aliphatic heterocycles. The molecule has 1 N–H and O–H groups in total. The van der Waals surface area contributed by atoms with Gasteiger partial charge in [-0.1, -0.05) is 6.07 Å². The molecule has 3 heterocycles. The third-order valence-corrected chi connectivity index (χ3v) is 4.99. The molecule has 0 spiro atoms. The monoisotopic (exact) mass is 384 g/mol. The Morgan fingerprint density at radius 1 is 1.16 bits per heavy atom. The van der Waals surface area contributed by atoms with Crippen molar-refractivity contribution in [1.29, 1.82) is 0 Å². The van der Waals surface area contributed by atoms with Gasteiger partial charge in [-0.15, -0.1) is 24.8 Å². The van der Waals surface area contributed by atoms with Crippen molar-refractivity contribution in [1.82, 2.24) is 19.6 Å². The van der Waals surface area contributed by atoms with Crippen LogP contribution in [0.3, 0.4) is 0 Å². The summed E-state index contributed by atoms with van der Waals surface area (Å²) in [6, 6.07) is 6.49.